The maximum atomic E-state index is 12.6. The third-order valence-corrected chi connectivity index (χ3v) is 5.57. The first-order valence-electron chi connectivity index (χ1n) is 9.09. The molecule has 1 aliphatic rings. The molecule has 0 unspecified atom stereocenters. The van der Waals surface area contributed by atoms with E-state index in [0.29, 0.717) is 35.7 Å². The maximum Gasteiger partial charge on any atom is 0.263 e. The SMILES string of the molecule is CC(C)c1ccc(-c2nnc(NC(=O)c3cc4c([nH]c3=O)CCOC4)s2)cc1. The minimum absolute atomic E-state index is 0.0438. The molecule has 1 aliphatic heterocycles. The van der Waals surface area contributed by atoms with Gasteiger partial charge in [-0.15, -0.1) is 10.2 Å². The van der Waals surface area contributed by atoms with Gasteiger partial charge in [0.05, 0.1) is 13.2 Å². The van der Waals surface area contributed by atoms with Crippen LogP contribution in [0.1, 0.15) is 46.9 Å². The molecule has 2 N–H and O–H groups in total. The van der Waals surface area contributed by atoms with Gasteiger partial charge in [-0.1, -0.05) is 49.4 Å². The van der Waals surface area contributed by atoms with E-state index in [1.54, 1.807) is 6.07 Å². The van der Waals surface area contributed by atoms with E-state index >= 15 is 0 Å². The smallest absolute Gasteiger partial charge is 0.263 e. The molecule has 1 aromatic carbocycles. The number of amides is 1. The normalized spacial score (nSPS) is 13.4. The second kappa shape index (κ2) is 7.65. The largest absolute Gasteiger partial charge is 0.376 e. The van der Waals surface area contributed by atoms with Crippen LogP contribution in [-0.2, 0) is 17.8 Å². The zero-order valence-electron chi connectivity index (χ0n) is 15.6. The number of benzene rings is 1. The highest BCUT2D eigenvalue weighted by Gasteiger charge is 2.19. The van der Waals surface area contributed by atoms with E-state index in [1.165, 1.54) is 16.9 Å². The summed E-state index contributed by atoms with van der Waals surface area (Å²) >= 11 is 1.27. The maximum absolute atomic E-state index is 12.6. The first kappa shape index (κ1) is 18.5. The van der Waals surface area contributed by atoms with E-state index in [4.69, 9.17) is 4.74 Å². The number of fused-ring (bicyclic) bond motifs is 1. The van der Waals surface area contributed by atoms with Gasteiger partial charge in [-0.2, -0.15) is 0 Å². The minimum atomic E-state index is -0.507. The fraction of sp³-hybridized carbons (Fsp3) is 0.300. The molecule has 0 radical (unpaired) electrons. The Bertz CT molecular complexity index is 1070. The van der Waals surface area contributed by atoms with Crippen LogP contribution in [0, 0.1) is 0 Å². The number of anilines is 1. The molecule has 28 heavy (non-hydrogen) atoms. The van der Waals surface area contributed by atoms with Crippen LogP contribution in [0.2, 0.25) is 0 Å². The van der Waals surface area contributed by atoms with Gasteiger partial charge in [-0.25, -0.2) is 0 Å². The van der Waals surface area contributed by atoms with Crippen LogP contribution >= 0.6 is 11.3 Å². The lowest BCUT2D eigenvalue weighted by Crippen LogP contribution is -2.27. The average molecular weight is 396 g/mol. The van der Waals surface area contributed by atoms with E-state index < -0.39 is 11.5 Å². The number of nitrogens with zero attached hydrogens (tertiary/aromatic N) is 2. The standard InChI is InChI=1S/C20H20N4O3S/c1-11(2)12-3-5-13(6-4-12)19-23-24-20(28-19)22-18(26)15-9-14-10-27-8-7-16(14)21-17(15)25/h3-6,9,11H,7-8,10H2,1-2H3,(H,21,25)(H,22,24,26). The number of hydrogen-bond acceptors (Lipinski definition) is 6. The van der Waals surface area contributed by atoms with Gasteiger partial charge in [-0.05, 0) is 23.1 Å². The lowest BCUT2D eigenvalue weighted by Gasteiger charge is -2.16. The second-order valence-electron chi connectivity index (χ2n) is 6.96. The van der Waals surface area contributed by atoms with Gasteiger partial charge in [0.1, 0.15) is 10.6 Å². The Labute approximate surface area is 165 Å². The van der Waals surface area contributed by atoms with Crippen LogP contribution in [0.5, 0.6) is 0 Å². The molecule has 0 saturated heterocycles. The number of rotatable bonds is 4. The molecule has 0 saturated carbocycles. The quantitative estimate of drug-likeness (QED) is 0.705. The molecule has 4 rings (SSSR count). The van der Waals surface area contributed by atoms with Crippen molar-refractivity contribution in [2.45, 2.75) is 32.8 Å². The van der Waals surface area contributed by atoms with Crippen molar-refractivity contribution in [1.29, 1.82) is 0 Å². The van der Waals surface area contributed by atoms with Crippen LogP contribution in [0.15, 0.2) is 35.1 Å². The fourth-order valence-electron chi connectivity index (χ4n) is 3.05. The molecule has 7 nitrogen and oxygen atoms in total. The van der Waals surface area contributed by atoms with E-state index in [1.807, 2.05) is 12.1 Å². The van der Waals surface area contributed by atoms with Crippen LogP contribution in [-0.4, -0.2) is 27.7 Å². The molecule has 0 aliphatic carbocycles. The predicted octanol–water partition coefficient (Wildman–Crippen LogP) is 3.34. The van der Waals surface area contributed by atoms with E-state index in [0.717, 1.165) is 16.8 Å². The van der Waals surface area contributed by atoms with Crippen LogP contribution in [0.25, 0.3) is 10.6 Å². The molecule has 3 aromatic rings. The van der Waals surface area contributed by atoms with Crippen molar-refractivity contribution in [3.05, 3.63) is 63.1 Å². The summed E-state index contributed by atoms with van der Waals surface area (Å²) < 4.78 is 5.39. The minimum Gasteiger partial charge on any atom is -0.376 e. The van der Waals surface area contributed by atoms with Gasteiger partial charge < -0.3 is 9.72 Å². The number of aromatic amines is 1. The van der Waals surface area contributed by atoms with Crippen molar-refractivity contribution < 1.29 is 9.53 Å². The molecule has 0 bridgehead atoms. The van der Waals surface area contributed by atoms with Gasteiger partial charge in [-0.3, -0.25) is 14.9 Å². The number of nitrogens with one attached hydrogen (secondary N) is 2. The first-order valence-corrected chi connectivity index (χ1v) is 9.91. The zero-order chi connectivity index (χ0) is 19.7. The Balaban J connectivity index is 1.52. The van der Waals surface area contributed by atoms with E-state index in [2.05, 4.69) is 46.5 Å². The number of carbonyl (C=O) groups excluding carboxylic acids is 1. The molecule has 0 atom stereocenters. The van der Waals surface area contributed by atoms with Gasteiger partial charge in [0.25, 0.3) is 11.5 Å². The summed E-state index contributed by atoms with van der Waals surface area (Å²) in [5.74, 6) is -0.0501. The van der Waals surface area contributed by atoms with Crippen LogP contribution in [0.3, 0.4) is 0 Å². The lowest BCUT2D eigenvalue weighted by atomic mass is 10.0. The van der Waals surface area contributed by atoms with E-state index in [9.17, 15) is 9.59 Å². The molecule has 0 spiro atoms. The molecule has 3 heterocycles. The van der Waals surface area contributed by atoms with Crippen molar-refractivity contribution >= 4 is 22.4 Å². The molecular weight excluding hydrogens is 376 g/mol. The third kappa shape index (κ3) is 3.74. The lowest BCUT2D eigenvalue weighted by molar-refractivity contribution is 0.101. The van der Waals surface area contributed by atoms with Crippen molar-refractivity contribution in [2.75, 3.05) is 11.9 Å². The second-order valence-corrected chi connectivity index (χ2v) is 7.94. The fourth-order valence-corrected chi connectivity index (χ4v) is 3.80. The molecule has 8 heteroatoms. The topological polar surface area (TPSA) is 97.0 Å². The molecule has 1 amide bonds. The third-order valence-electron chi connectivity index (χ3n) is 4.68. The van der Waals surface area contributed by atoms with Crippen molar-refractivity contribution in [1.82, 2.24) is 15.2 Å². The summed E-state index contributed by atoms with van der Waals surface area (Å²) in [7, 11) is 0. The summed E-state index contributed by atoms with van der Waals surface area (Å²) in [6.07, 6.45) is 0.641. The van der Waals surface area contributed by atoms with Gasteiger partial charge in [0.2, 0.25) is 5.13 Å². The Hall–Kier alpha value is -2.84. The van der Waals surface area contributed by atoms with Gasteiger partial charge in [0.15, 0.2) is 0 Å². The Kier molecular flexibility index (Phi) is 5.06. The van der Waals surface area contributed by atoms with Crippen LogP contribution in [0.4, 0.5) is 5.13 Å². The molecule has 0 fully saturated rings. The summed E-state index contributed by atoms with van der Waals surface area (Å²) in [6, 6.07) is 9.71. The Morgan fingerprint density at radius 2 is 2.04 bits per heavy atom. The highest BCUT2D eigenvalue weighted by molar-refractivity contribution is 7.18. The first-order chi connectivity index (χ1) is 13.5. The number of pyridine rings is 1. The van der Waals surface area contributed by atoms with Gasteiger partial charge in [0, 0.05) is 17.7 Å². The number of H-pyrrole nitrogens is 1. The summed E-state index contributed by atoms with van der Waals surface area (Å²) in [4.78, 5) is 27.6. The predicted molar refractivity (Wildman–Crippen MR) is 108 cm³/mol. The highest BCUT2D eigenvalue weighted by Crippen LogP contribution is 2.28. The average Bonchev–Trinajstić information content (AvgIpc) is 3.16. The summed E-state index contributed by atoms with van der Waals surface area (Å²) in [5.41, 5.74) is 3.48. The number of hydrogen-bond donors (Lipinski definition) is 2. The van der Waals surface area contributed by atoms with Crippen molar-refractivity contribution in [3.63, 3.8) is 0 Å². The molecular formula is C20H20N4O3S. The van der Waals surface area contributed by atoms with Crippen LogP contribution < -0.4 is 10.9 Å². The Morgan fingerprint density at radius 3 is 2.79 bits per heavy atom. The van der Waals surface area contributed by atoms with Crippen molar-refractivity contribution in [2.24, 2.45) is 0 Å². The zero-order valence-corrected chi connectivity index (χ0v) is 16.4. The number of ether oxygens (including phenoxy) is 1. The summed E-state index contributed by atoms with van der Waals surface area (Å²) in [5, 5.41) is 11.9. The highest BCUT2D eigenvalue weighted by atomic mass is 32.1. The molecule has 2 aromatic heterocycles. The number of aromatic nitrogens is 3. The summed E-state index contributed by atoms with van der Waals surface area (Å²) in [6.45, 7) is 5.24. The molecule has 144 valence electrons. The van der Waals surface area contributed by atoms with E-state index in [-0.39, 0.29) is 5.56 Å². The van der Waals surface area contributed by atoms with Crippen molar-refractivity contribution in [3.8, 4) is 10.6 Å². The Morgan fingerprint density at radius 1 is 1.25 bits per heavy atom. The number of carbonyl (C=O) groups is 1. The van der Waals surface area contributed by atoms with Gasteiger partial charge >= 0.3 is 0 Å². The monoisotopic (exact) mass is 396 g/mol.